The Hall–Kier alpha value is -1.09. The van der Waals surface area contributed by atoms with Gasteiger partial charge in [0.1, 0.15) is 11.6 Å². The zero-order valence-corrected chi connectivity index (χ0v) is 13.3. The molecule has 2 bridgehead atoms. The zero-order valence-electron chi connectivity index (χ0n) is 13.3. The van der Waals surface area contributed by atoms with Gasteiger partial charge in [0.15, 0.2) is 0 Å². The molecule has 0 heterocycles. The van der Waals surface area contributed by atoms with Gasteiger partial charge < -0.3 is 9.64 Å². The summed E-state index contributed by atoms with van der Waals surface area (Å²) in [7, 11) is 5.90. The topological polar surface area (TPSA) is 12.5 Å². The summed E-state index contributed by atoms with van der Waals surface area (Å²) < 4.78 is 19.7. The minimum atomic E-state index is -0.0640. The molecule has 1 aromatic carbocycles. The summed E-state index contributed by atoms with van der Waals surface area (Å²) in [6, 6.07) is 5.21. The van der Waals surface area contributed by atoms with Gasteiger partial charge in [0.05, 0.1) is 7.11 Å². The van der Waals surface area contributed by atoms with Gasteiger partial charge in [-0.1, -0.05) is 6.42 Å². The fraction of sp³-hybridized carbons (Fsp3) is 0.667. The van der Waals surface area contributed by atoms with Gasteiger partial charge in [0.25, 0.3) is 0 Å². The van der Waals surface area contributed by atoms with Gasteiger partial charge in [-0.25, -0.2) is 4.39 Å². The van der Waals surface area contributed by atoms with Crippen LogP contribution in [0.1, 0.15) is 37.2 Å². The highest BCUT2D eigenvalue weighted by Gasteiger charge is 2.43. The fourth-order valence-corrected chi connectivity index (χ4v) is 4.57. The molecule has 2 fully saturated rings. The average Bonchev–Trinajstić information content (AvgIpc) is 2.85. The summed E-state index contributed by atoms with van der Waals surface area (Å²) in [6.45, 7) is 1.05. The van der Waals surface area contributed by atoms with E-state index in [0.29, 0.717) is 11.8 Å². The van der Waals surface area contributed by atoms with Crippen LogP contribution in [0.25, 0.3) is 0 Å². The monoisotopic (exact) mass is 291 g/mol. The maximum Gasteiger partial charge on any atom is 0.126 e. The second-order valence-corrected chi connectivity index (χ2v) is 7.09. The molecule has 4 atom stereocenters. The Morgan fingerprint density at radius 3 is 2.76 bits per heavy atom. The van der Waals surface area contributed by atoms with E-state index >= 15 is 0 Å². The highest BCUT2D eigenvalue weighted by Crippen LogP contribution is 2.52. The Kier molecular flexibility index (Phi) is 4.21. The van der Waals surface area contributed by atoms with Gasteiger partial charge in [-0.3, -0.25) is 0 Å². The Balaban J connectivity index is 1.94. The lowest BCUT2D eigenvalue weighted by Gasteiger charge is -2.38. The molecule has 2 aliphatic carbocycles. The number of methoxy groups -OCH3 is 1. The molecule has 0 aromatic heterocycles. The number of nitrogens with zero attached hydrogens (tertiary/aromatic N) is 1. The van der Waals surface area contributed by atoms with Crippen LogP contribution in [0, 0.1) is 23.6 Å². The molecule has 2 aliphatic rings. The first-order valence-corrected chi connectivity index (χ1v) is 8.06. The normalized spacial score (nSPS) is 31.7. The third kappa shape index (κ3) is 2.94. The van der Waals surface area contributed by atoms with Gasteiger partial charge in [-0.15, -0.1) is 0 Å². The summed E-state index contributed by atoms with van der Waals surface area (Å²) in [5.41, 5.74) is 0.873. The van der Waals surface area contributed by atoms with E-state index in [9.17, 15) is 4.39 Å². The van der Waals surface area contributed by atoms with E-state index < -0.39 is 0 Å². The maximum atomic E-state index is 14.4. The van der Waals surface area contributed by atoms with Crippen LogP contribution in [-0.2, 0) is 0 Å². The molecule has 0 amide bonds. The number of benzene rings is 1. The number of halogens is 1. The number of ether oxygens (including phenoxy) is 1. The summed E-state index contributed by atoms with van der Waals surface area (Å²) in [5, 5.41) is 0. The van der Waals surface area contributed by atoms with Crippen molar-refractivity contribution in [2.24, 2.45) is 17.8 Å². The Morgan fingerprint density at radius 1 is 1.24 bits per heavy atom. The lowest BCUT2D eigenvalue weighted by molar-refractivity contribution is 0.162. The summed E-state index contributed by atoms with van der Waals surface area (Å²) in [6.07, 6.45) is 5.14. The Morgan fingerprint density at radius 2 is 2.05 bits per heavy atom. The Labute approximate surface area is 127 Å². The van der Waals surface area contributed by atoms with Crippen molar-refractivity contribution in [2.45, 2.75) is 31.6 Å². The lowest BCUT2D eigenvalue weighted by Crippen LogP contribution is -2.35. The number of fused-ring (bicyclic) bond motifs is 2. The fourth-order valence-electron chi connectivity index (χ4n) is 4.57. The minimum Gasteiger partial charge on any atom is -0.497 e. The molecule has 1 aromatic rings. The second-order valence-electron chi connectivity index (χ2n) is 7.09. The first-order valence-electron chi connectivity index (χ1n) is 8.06. The highest BCUT2D eigenvalue weighted by atomic mass is 19.1. The zero-order chi connectivity index (χ0) is 15.0. The molecule has 3 heteroatoms. The van der Waals surface area contributed by atoms with Crippen LogP contribution in [0.3, 0.4) is 0 Å². The van der Waals surface area contributed by atoms with Crippen molar-refractivity contribution in [3.63, 3.8) is 0 Å². The van der Waals surface area contributed by atoms with Crippen molar-refractivity contribution in [1.82, 2.24) is 4.90 Å². The second kappa shape index (κ2) is 5.96. The molecular formula is C18H26FNO. The van der Waals surface area contributed by atoms with Gasteiger partial charge in [-0.2, -0.15) is 0 Å². The van der Waals surface area contributed by atoms with E-state index in [0.717, 1.165) is 36.1 Å². The van der Waals surface area contributed by atoms with Crippen LogP contribution < -0.4 is 4.74 Å². The van der Waals surface area contributed by atoms with E-state index in [2.05, 4.69) is 19.0 Å². The molecular weight excluding hydrogens is 265 g/mol. The molecule has 116 valence electrons. The third-order valence-corrected chi connectivity index (χ3v) is 5.47. The van der Waals surface area contributed by atoms with Gasteiger partial charge in [0, 0.05) is 6.54 Å². The molecule has 2 unspecified atom stereocenters. The molecule has 3 rings (SSSR count). The molecule has 0 aliphatic heterocycles. The van der Waals surface area contributed by atoms with Crippen LogP contribution in [0.4, 0.5) is 4.39 Å². The van der Waals surface area contributed by atoms with E-state index in [1.807, 2.05) is 6.07 Å². The predicted molar refractivity (Wildman–Crippen MR) is 83.2 cm³/mol. The van der Waals surface area contributed by atoms with E-state index in [1.54, 1.807) is 19.2 Å². The van der Waals surface area contributed by atoms with Crippen LogP contribution in [0.5, 0.6) is 5.75 Å². The standard InChI is InChI=1S/C18H26FNO/c1-20(2)11-17-13-5-4-12(8-13)9-15(17)16-10-14(21-3)6-7-18(16)19/h6-7,10,12-13,15,17H,4-5,8-9,11H2,1-3H3/t12?,13?,15-,17-/m0/s1. The van der Waals surface area contributed by atoms with Crippen molar-refractivity contribution in [2.75, 3.05) is 27.7 Å². The SMILES string of the molecule is COc1ccc(F)c([C@@H]2CC3CCC(C3)[C@@H]2CN(C)C)c1. The first-order chi connectivity index (χ1) is 10.1. The molecule has 0 N–H and O–H groups in total. The summed E-state index contributed by atoms with van der Waals surface area (Å²) in [4.78, 5) is 2.26. The lowest BCUT2D eigenvalue weighted by atomic mass is 9.69. The van der Waals surface area contributed by atoms with Crippen molar-refractivity contribution in [3.05, 3.63) is 29.6 Å². The van der Waals surface area contributed by atoms with Crippen molar-refractivity contribution in [3.8, 4) is 5.75 Å². The molecule has 2 saturated carbocycles. The van der Waals surface area contributed by atoms with Crippen LogP contribution in [0.15, 0.2) is 18.2 Å². The molecule has 0 saturated heterocycles. The van der Waals surface area contributed by atoms with Gasteiger partial charge >= 0.3 is 0 Å². The number of hydrogen-bond acceptors (Lipinski definition) is 2. The average molecular weight is 291 g/mol. The molecule has 2 nitrogen and oxygen atoms in total. The minimum absolute atomic E-state index is 0.0640. The maximum absolute atomic E-state index is 14.4. The van der Waals surface area contributed by atoms with E-state index in [4.69, 9.17) is 4.74 Å². The first kappa shape index (κ1) is 14.8. The summed E-state index contributed by atoms with van der Waals surface area (Å²) in [5.74, 6) is 3.18. The van der Waals surface area contributed by atoms with Crippen molar-refractivity contribution >= 4 is 0 Å². The largest absolute Gasteiger partial charge is 0.497 e. The predicted octanol–water partition coefficient (Wildman–Crippen LogP) is 3.92. The molecule has 0 spiro atoms. The number of rotatable bonds is 4. The van der Waals surface area contributed by atoms with Gasteiger partial charge in [-0.05, 0) is 80.8 Å². The van der Waals surface area contributed by atoms with Crippen molar-refractivity contribution in [1.29, 1.82) is 0 Å². The smallest absolute Gasteiger partial charge is 0.126 e. The van der Waals surface area contributed by atoms with E-state index in [-0.39, 0.29) is 5.82 Å². The highest BCUT2D eigenvalue weighted by molar-refractivity contribution is 5.33. The van der Waals surface area contributed by atoms with Crippen LogP contribution in [0.2, 0.25) is 0 Å². The summed E-state index contributed by atoms with van der Waals surface area (Å²) >= 11 is 0. The van der Waals surface area contributed by atoms with Crippen LogP contribution >= 0.6 is 0 Å². The van der Waals surface area contributed by atoms with E-state index in [1.165, 1.54) is 19.3 Å². The number of hydrogen-bond donors (Lipinski definition) is 0. The molecule has 0 radical (unpaired) electrons. The van der Waals surface area contributed by atoms with Crippen molar-refractivity contribution < 1.29 is 9.13 Å². The van der Waals surface area contributed by atoms with Crippen LogP contribution in [-0.4, -0.2) is 32.6 Å². The Bertz CT molecular complexity index is 502. The molecule has 21 heavy (non-hydrogen) atoms. The third-order valence-electron chi connectivity index (χ3n) is 5.47. The van der Waals surface area contributed by atoms with Gasteiger partial charge in [0.2, 0.25) is 0 Å². The quantitative estimate of drug-likeness (QED) is 0.834.